The summed E-state index contributed by atoms with van der Waals surface area (Å²) in [5.41, 5.74) is 1.44. The number of ether oxygens (including phenoxy) is 1. The molecule has 0 spiro atoms. The van der Waals surface area contributed by atoms with Crippen molar-refractivity contribution < 1.29 is 13.2 Å². The van der Waals surface area contributed by atoms with Gasteiger partial charge in [-0.2, -0.15) is 15.2 Å². The highest BCUT2D eigenvalue weighted by Crippen LogP contribution is 2.31. The molecule has 0 fully saturated rings. The van der Waals surface area contributed by atoms with Crippen molar-refractivity contribution in [1.29, 1.82) is 5.26 Å². The van der Waals surface area contributed by atoms with Crippen molar-refractivity contribution in [3.63, 3.8) is 0 Å². The summed E-state index contributed by atoms with van der Waals surface area (Å²) < 4.78 is 28.7. The molecular formula is C16H16N6O3S. The summed E-state index contributed by atoms with van der Waals surface area (Å²) in [6.45, 7) is 0. The maximum absolute atomic E-state index is 11.7. The lowest BCUT2D eigenvalue weighted by Gasteiger charge is -2.12. The van der Waals surface area contributed by atoms with E-state index in [1.54, 1.807) is 19.3 Å². The van der Waals surface area contributed by atoms with Crippen LogP contribution in [0.3, 0.4) is 0 Å². The molecule has 0 aliphatic heterocycles. The van der Waals surface area contributed by atoms with Gasteiger partial charge in [0.2, 0.25) is 5.95 Å². The molecule has 0 amide bonds. The number of benzene rings is 1. The topological polar surface area (TPSA) is 133 Å². The Morgan fingerprint density at radius 2 is 2.08 bits per heavy atom. The molecule has 10 heteroatoms. The molecular weight excluding hydrogens is 356 g/mol. The molecule has 0 unspecified atom stereocenters. The molecule has 0 bridgehead atoms. The average molecular weight is 372 g/mol. The van der Waals surface area contributed by atoms with Crippen LogP contribution in [0, 0.1) is 11.3 Å². The molecule has 3 aromatic rings. The lowest BCUT2D eigenvalue weighted by Crippen LogP contribution is -2.04. The number of rotatable bonds is 5. The van der Waals surface area contributed by atoms with Crippen LogP contribution in [0.15, 0.2) is 29.3 Å². The van der Waals surface area contributed by atoms with Gasteiger partial charge in [-0.15, -0.1) is 0 Å². The van der Waals surface area contributed by atoms with Crippen LogP contribution in [0.2, 0.25) is 0 Å². The highest BCUT2D eigenvalue weighted by Gasteiger charge is 2.15. The van der Waals surface area contributed by atoms with Gasteiger partial charge >= 0.3 is 0 Å². The molecule has 0 aliphatic rings. The number of nitriles is 1. The Morgan fingerprint density at radius 1 is 1.31 bits per heavy atom. The zero-order valence-electron chi connectivity index (χ0n) is 14.3. The van der Waals surface area contributed by atoms with Gasteiger partial charge in [0, 0.05) is 25.6 Å². The fraction of sp³-hybridized carbons (Fsp3) is 0.188. The number of hydrogen-bond acceptors (Lipinski definition) is 8. The van der Waals surface area contributed by atoms with Crippen molar-refractivity contribution in [3.05, 3.63) is 30.0 Å². The van der Waals surface area contributed by atoms with Crippen LogP contribution in [0.4, 0.5) is 17.5 Å². The maximum Gasteiger partial charge on any atom is 0.231 e. The van der Waals surface area contributed by atoms with Gasteiger partial charge in [-0.3, -0.25) is 0 Å². The highest BCUT2D eigenvalue weighted by molar-refractivity contribution is 7.90. The van der Waals surface area contributed by atoms with Crippen LogP contribution in [-0.2, 0) is 9.84 Å². The molecule has 0 saturated heterocycles. The number of anilines is 3. The van der Waals surface area contributed by atoms with Crippen molar-refractivity contribution in [2.45, 2.75) is 4.90 Å². The number of methoxy groups -OCH3 is 1. The van der Waals surface area contributed by atoms with Gasteiger partial charge in [0.25, 0.3) is 0 Å². The number of H-pyrrole nitrogens is 1. The minimum Gasteiger partial charge on any atom is -0.495 e. The van der Waals surface area contributed by atoms with Gasteiger partial charge in [0.1, 0.15) is 23.3 Å². The summed E-state index contributed by atoms with van der Waals surface area (Å²) >= 11 is 0. The Balaban J connectivity index is 2.05. The lowest BCUT2D eigenvalue weighted by molar-refractivity contribution is 0.415. The van der Waals surface area contributed by atoms with Gasteiger partial charge in [0.15, 0.2) is 9.84 Å². The third kappa shape index (κ3) is 3.12. The summed E-state index contributed by atoms with van der Waals surface area (Å²) in [5, 5.41) is 15.7. The van der Waals surface area contributed by atoms with Gasteiger partial charge in [0.05, 0.1) is 28.6 Å². The number of hydrogen-bond donors (Lipinski definition) is 3. The Labute approximate surface area is 150 Å². The third-order valence-corrected chi connectivity index (χ3v) is 4.85. The molecule has 2 heterocycles. The zero-order valence-corrected chi connectivity index (χ0v) is 15.1. The fourth-order valence-electron chi connectivity index (χ4n) is 2.48. The maximum atomic E-state index is 11.7. The first-order valence-electron chi connectivity index (χ1n) is 7.49. The molecule has 0 radical (unpaired) electrons. The lowest BCUT2D eigenvalue weighted by atomic mass is 10.2. The summed E-state index contributed by atoms with van der Waals surface area (Å²) in [4.78, 5) is 11.8. The number of aromatic nitrogens is 3. The Morgan fingerprint density at radius 3 is 2.69 bits per heavy atom. The molecule has 26 heavy (non-hydrogen) atoms. The number of nitrogens with one attached hydrogen (secondary N) is 3. The monoisotopic (exact) mass is 372 g/mol. The first-order chi connectivity index (χ1) is 12.4. The number of nitrogens with zero attached hydrogens (tertiary/aromatic N) is 3. The highest BCUT2D eigenvalue weighted by atomic mass is 32.2. The van der Waals surface area contributed by atoms with E-state index in [1.807, 2.05) is 0 Å². The van der Waals surface area contributed by atoms with E-state index in [0.717, 1.165) is 6.26 Å². The van der Waals surface area contributed by atoms with Crippen LogP contribution >= 0.6 is 0 Å². The van der Waals surface area contributed by atoms with Crippen LogP contribution in [-0.4, -0.2) is 43.8 Å². The van der Waals surface area contributed by atoms with E-state index in [2.05, 4.69) is 31.7 Å². The van der Waals surface area contributed by atoms with E-state index in [1.165, 1.54) is 19.2 Å². The van der Waals surface area contributed by atoms with Gasteiger partial charge < -0.3 is 20.4 Å². The van der Waals surface area contributed by atoms with E-state index in [4.69, 9.17) is 4.74 Å². The number of fused-ring (bicyclic) bond motifs is 1. The van der Waals surface area contributed by atoms with E-state index in [0.29, 0.717) is 33.9 Å². The van der Waals surface area contributed by atoms with Crippen molar-refractivity contribution in [2.75, 3.05) is 31.0 Å². The minimum atomic E-state index is -3.35. The zero-order chi connectivity index (χ0) is 18.9. The predicted molar refractivity (Wildman–Crippen MR) is 97.5 cm³/mol. The molecule has 0 atom stereocenters. The molecule has 0 aliphatic carbocycles. The number of aromatic amines is 1. The standard InChI is InChI=1S/C16H16N6O3S/c1-18-14-13-9(7-17)8-19-15(13)22-16(21-14)20-11-5-4-10(26(3,23)24)6-12(11)25-2/h4-6,8H,1-3H3,(H3,18,19,20,21,22). The van der Waals surface area contributed by atoms with Gasteiger partial charge in [-0.25, -0.2) is 8.42 Å². The largest absolute Gasteiger partial charge is 0.495 e. The Kier molecular flexibility index (Phi) is 4.40. The van der Waals surface area contributed by atoms with E-state index in [-0.39, 0.29) is 10.8 Å². The third-order valence-electron chi connectivity index (χ3n) is 3.74. The minimum absolute atomic E-state index is 0.148. The molecule has 2 aromatic heterocycles. The van der Waals surface area contributed by atoms with E-state index in [9.17, 15) is 13.7 Å². The summed E-state index contributed by atoms with van der Waals surface area (Å²) in [6.07, 6.45) is 2.69. The first kappa shape index (κ1) is 17.5. The SMILES string of the molecule is CNc1nc(Nc2ccc(S(C)(=O)=O)cc2OC)nc2[nH]cc(C#N)c12. The molecule has 0 saturated carbocycles. The second-order valence-electron chi connectivity index (χ2n) is 5.44. The normalized spacial score (nSPS) is 11.2. The second kappa shape index (κ2) is 6.53. The average Bonchev–Trinajstić information content (AvgIpc) is 3.03. The van der Waals surface area contributed by atoms with Crippen molar-refractivity contribution in [2.24, 2.45) is 0 Å². The van der Waals surface area contributed by atoms with Crippen LogP contribution in [0.5, 0.6) is 5.75 Å². The fourth-order valence-corrected chi connectivity index (χ4v) is 3.12. The second-order valence-corrected chi connectivity index (χ2v) is 7.46. The van der Waals surface area contributed by atoms with Crippen LogP contribution in [0.1, 0.15) is 5.56 Å². The van der Waals surface area contributed by atoms with E-state index < -0.39 is 9.84 Å². The summed E-state index contributed by atoms with van der Waals surface area (Å²) in [6, 6.07) is 6.57. The summed E-state index contributed by atoms with van der Waals surface area (Å²) in [7, 11) is -0.209. The van der Waals surface area contributed by atoms with E-state index >= 15 is 0 Å². The van der Waals surface area contributed by atoms with Gasteiger partial charge in [-0.05, 0) is 12.1 Å². The Hall–Kier alpha value is -3.32. The van der Waals surface area contributed by atoms with Crippen molar-refractivity contribution in [1.82, 2.24) is 15.0 Å². The molecule has 134 valence electrons. The van der Waals surface area contributed by atoms with Crippen LogP contribution < -0.4 is 15.4 Å². The quantitative estimate of drug-likeness (QED) is 0.619. The first-order valence-corrected chi connectivity index (χ1v) is 9.38. The Bertz CT molecular complexity index is 1130. The predicted octanol–water partition coefficient (Wildman–Crippen LogP) is 2.03. The molecule has 3 rings (SSSR count). The summed E-state index contributed by atoms with van der Waals surface area (Å²) in [5.74, 6) is 1.09. The number of sulfone groups is 1. The van der Waals surface area contributed by atoms with Crippen molar-refractivity contribution >= 4 is 38.3 Å². The molecule has 3 N–H and O–H groups in total. The molecule has 9 nitrogen and oxygen atoms in total. The van der Waals surface area contributed by atoms with Crippen molar-refractivity contribution in [3.8, 4) is 11.8 Å². The molecule has 1 aromatic carbocycles. The van der Waals surface area contributed by atoms with Crippen LogP contribution in [0.25, 0.3) is 11.0 Å². The van der Waals surface area contributed by atoms with Gasteiger partial charge in [-0.1, -0.05) is 0 Å². The smallest absolute Gasteiger partial charge is 0.231 e.